The van der Waals surface area contributed by atoms with Gasteiger partial charge in [0.25, 0.3) is 0 Å². The maximum atomic E-state index is 15.1. The molecule has 0 aliphatic heterocycles. The van der Waals surface area contributed by atoms with Crippen LogP contribution in [0.1, 0.15) is 27.0 Å². The number of ether oxygens (including phenoxy) is 2. The van der Waals surface area contributed by atoms with E-state index < -0.39 is 67.5 Å². The summed E-state index contributed by atoms with van der Waals surface area (Å²) >= 11 is 0. The lowest BCUT2D eigenvalue weighted by molar-refractivity contribution is -0.419. The van der Waals surface area contributed by atoms with Crippen molar-refractivity contribution in [3.63, 3.8) is 0 Å². The Labute approximate surface area is 286 Å². The highest BCUT2D eigenvalue weighted by atomic mass is 32.2. The second-order valence-electron chi connectivity index (χ2n) is 11.1. The minimum Gasteiger partial charge on any atom is -0.497 e. The molecule has 0 atom stereocenters. The van der Waals surface area contributed by atoms with Crippen molar-refractivity contribution in [2.24, 2.45) is 0 Å². The van der Waals surface area contributed by atoms with Crippen molar-refractivity contribution in [3.05, 3.63) is 113 Å². The van der Waals surface area contributed by atoms with Crippen LogP contribution >= 0.6 is 0 Å². The van der Waals surface area contributed by atoms with E-state index >= 15 is 8.78 Å². The summed E-state index contributed by atoms with van der Waals surface area (Å²) < 4.78 is 211. The smallest absolute Gasteiger partial charge is 0.438 e. The third-order valence-electron chi connectivity index (χ3n) is 7.73. The molecule has 0 heterocycles. The molecule has 0 aliphatic rings. The van der Waals surface area contributed by atoms with Crippen LogP contribution in [0.2, 0.25) is 0 Å². The van der Waals surface area contributed by atoms with Crippen molar-refractivity contribution in [2.45, 2.75) is 41.8 Å². The molecule has 0 spiro atoms. The Morgan fingerprint density at radius 3 is 1.42 bits per heavy atom. The number of halogens is 12. The van der Waals surface area contributed by atoms with Crippen LogP contribution in [0.15, 0.2) is 91.0 Å². The lowest BCUT2D eigenvalue weighted by Crippen LogP contribution is -2.71. The second-order valence-corrected chi connectivity index (χ2v) is 12.6. The summed E-state index contributed by atoms with van der Waals surface area (Å²) in [5, 5.41) is -7.55. The van der Waals surface area contributed by atoms with Crippen molar-refractivity contribution < 1.29 is 79.9 Å². The molecule has 0 unspecified atom stereocenters. The predicted octanol–water partition coefficient (Wildman–Crippen LogP) is 9.81. The Morgan fingerprint density at radius 1 is 0.577 bits per heavy atom. The molecule has 0 aromatic heterocycles. The molecule has 4 aromatic carbocycles. The van der Waals surface area contributed by atoms with Gasteiger partial charge < -0.3 is 9.47 Å². The van der Waals surface area contributed by atoms with Crippen molar-refractivity contribution in [3.8, 4) is 28.4 Å². The third-order valence-corrected chi connectivity index (χ3v) is 8.64. The summed E-state index contributed by atoms with van der Waals surface area (Å²) in [4.78, 5) is 13.0. The first-order valence-electron chi connectivity index (χ1n) is 14.2. The topological polar surface area (TPSA) is 89.9 Å². The molecule has 0 saturated heterocycles. The van der Waals surface area contributed by atoms with E-state index in [0.717, 1.165) is 29.3 Å². The highest BCUT2D eigenvalue weighted by molar-refractivity contribution is 7.87. The van der Waals surface area contributed by atoms with E-state index in [1.54, 1.807) is 36.4 Å². The SMILES string of the molecule is COc1ccc(-c2ccc(Oc3ccc(C(=O)c4ccc(C)c(C(F)(F)C(F)(F)C(F)(F)C(F)(F)C(F)(F)C(F)(F)S(=O)(=O)O)c4)cc3)cc2)cc1. The monoisotopic (exact) mass is 774 g/mol. The van der Waals surface area contributed by atoms with Gasteiger partial charge >= 0.3 is 45.0 Å². The first-order valence-corrected chi connectivity index (χ1v) is 15.6. The van der Waals surface area contributed by atoms with Gasteiger partial charge in [0.15, 0.2) is 5.78 Å². The number of hydrogen-bond donors (Lipinski definition) is 1. The van der Waals surface area contributed by atoms with Gasteiger partial charge in [0.1, 0.15) is 17.2 Å². The number of alkyl halides is 12. The number of rotatable bonds is 13. The zero-order valence-electron chi connectivity index (χ0n) is 26.1. The van der Waals surface area contributed by atoms with Crippen LogP contribution in [0.25, 0.3) is 11.1 Å². The lowest BCUT2D eigenvalue weighted by Gasteiger charge is -2.40. The Balaban J connectivity index is 1.59. The van der Waals surface area contributed by atoms with Gasteiger partial charge in [-0.2, -0.15) is 61.1 Å². The van der Waals surface area contributed by atoms with Crippen molar-refractivity contribution in [1.29, 1.82) is 0 Å². The third kappa shape index (κ3) is 6.55. The Bertz CT molecular complexity index is 2050. The average Bonchev–Trinajstić information content (AvgIpc) is 3.08. The first-order chi connectivity index (χ1) is 23.7. The van der Waals surface area contributed by atoms with Gasteiger partial charge in [-0.25, -0.2) is 0 Å². The number of carbonyl (C=O) groups excluding carboxylic acids is 1. The highest BCUT2D eigenvalue weighted by Gasteiger charge is 2.92. The summed E-state index contributed by atoms with van der Waals surface area (Å²) in [5.41, 5.74) is -2.90. The first kappa shape index (κ1) is 40.0. The van der Waals surface area contributed by atoms with E-state index in [2.05, 4.69) is 0 Å². The zero-order chi connectivity index (χ0) is 39.3. The molecule has 0 fully saturated rings. The van der Waals surface area contributed by atoms with Crippen LogP contribution in [-0.4, -0.2) is 54.8 Å². The molecule has 0 bridgehead atoms. The Morgan fingerprint density at radius 2 is 0.981 bits per heavy atom. The number of benzene rings is 4. The number of carbonyl (C=O) groups is 1. The predicted molar refractivity (Wildman–Crippen MR) is 160 cm³/mol. The Hall–Kier alpha value is -4.78. The van der Waals surface area contributed by atoms with Gasteiger partial charge in [-0.15, -0.1) is 0 Å². The quantitative estimate of drug-likeness (QED) is 0.0827. The summed E-state index contributed by atoms with van der Waals surface area (Å²) in [6.45, 7) is 0.556. The van der Waals surface area contributed by atoms with E-state index in [4.69, 9.17) is 14.0 Å². The van der Waals surface area contributed by atoms with Crippen molar-refractivity contribution in [1.82, 2.24) is 0 Å². The fourth-order valence-corrected chi connectivity index (χ4v) is 5.14. The lowest BCUT2D eigenvalue weighted by atomic mass is 9.87. The van der Waals surface area contributed by atoms with E-state index in [9.17, 15) is 57.1 Å². The van der Waals surface area contributed by atoms with E-state index in [1.165, 1.54) is 19.2 Å². The minimum atomic E-state index is -8.24. The largest absolute Gasteiger partial charge is 0.497 e. The van der Waals surface area contributed by atoms with Gasteiger partial charge in [0, 0.05) is 16.7 Å². The van der Waals surface area contributed by atoms with Crippen LogP contribution < -0.4 is 9.47 Å². The minimum absolute atomic E-state index is 0.125. The molecule has 0 radical (unpaired) electrons. The molecule has 4 rings (SSSR count). The van der Waals surface area contributed by atoms with Crippen molar-refractivity contribution in [2.75, 3.05) is 7.11 Å². The summed E-state index contributed by atoms with van der Waals surface area (Å²) in [7, 11) is -6.18. The highest BCUT2D eigenvalue weighted by Crippen LogP contribution is 2.62. The number of ketones is 1. The molecule has 52 heavy (non-hydrogen) atoms. The molecule has 280 valence electrons. The van der Waals surface area contributed by atoms with Gasteiger partial charge in [0.05, 0.1) is 7.11 Å². The van der Waals surface area contributed by atoms with E-state index in [-0.39, 0.29) is 17.4 Å². The van der Waals surface area contributed by atoms with E-state index in [1.807, 2.05) is 12.1 Å². The molecule has 0 amide bonds. The van der Waals surface area contributed by atoms with Gasteiger partial charge in [-0.05, 0) is 78.2 Å². The van der Waals surface area contributed by atoms with Crippen LogP contribution in [0.4, 0.5) is 52.7 Å². The van der Waals surface area contributed by atoms with E-state index in [0.29, 0.717) is 24.5 Å². The van der Waals surface area contributed by atoms with Crippen LogP contribution in [0.5, 0.6) is 17.2 Å². The molecule has 1 N–H and O–H groups in total. The number of methoxy groups -OCH3 is 1. The second kappa shape index (κ2) is 13.3. The van der Waals surface area contributed by atoms with Crippen molar-refractivity contribution >= 4 is 15.9 Å². The molecule has 0 saturated carbocycles. The molecule has 4 aromatic rings. The molecule has 0 aliphatic carbocycles. The van der Waals surface area contributed by atoms with Gasteiger partial charge in [-0.1, -0.05) is 36.4 Å². The Kier molecular flexibility index (Phi) is 10.2. The molecular formula is C33H22F12O6S. The fraction of sp³-hybridized carbons (Fsp3) is 0.242. The zero-order valence-corrected chi connectivity index (χ0v) is 26.9. The molecule has 6 nitrogen and oxygen atoms in total. The summed E-state index contributed by atoms with van der Waals surface area (Å²) in [5.74, 6) is -38.8. The van der Waals surface area contributed by atoms with Crippen LogP contribution in [0, 0.1) is 6.92 Å². The number of hydrogen-bond acceptors (Lipinski definition) is 5. The van der Waals surface area contributed by atoms with Crippen LogP contribution in [0.3, 0.4) is 0 Å². The van der Waals surface area contributed by atoms with Gasteiger partial charge in [0.2, 0.25) is 0 Å². The number of aryl methyl sites for hydroxylation is 1. The maximum absolute atomic E-state index is 15.1. The van der Waals surface area contributed by atoms with Crippen LogP contribution in [-0.2, 0) is 16.0 Å². The molecular weight excluding hydrogens is 752 g/mol. The average molecular weight is 775 g/mol. The fourth-order valence-electron chi connectivity index (χ4n) is 4.68. The maximum Gasteiger partial charge on any atom is 0.438 e. The normalized spacial score (nSPS) is 13.5. The standard InChI is InChI=1S/C33H22F12O6S/c1-18-3-4-22(17-26(18)28(34,35)29(36,37)30(38,39)31(40,41)32(42,43)33(44,45)52(47,48)49)27(46)21-9-15-25(16-10-21)51-24-13-7-20(8-14-24)19-5-11-23(50-2)12-6-19/h3-17H,1-2H3,(H,47,48,49). The van der Waals surface area contributed by atoms with Gasteiger partial charge in [-0.3, -0.25) is 9.35 Å². The summed E-state index contributed by atoms with van der Waals surface area (Å²) in [6.07, 6.45) is 0. The molecule has 19 heteroatoms. The summed E-state index contributed by atoms with van der Waals surface area (Å²) in [6, 6.07) is 19.6.